The monoisotopic (exact) mass is 210 g/mol. The Morgan fingerprint density at radius 1 is 1.33 bits per heavy atom. The lowest BCUT2D eigenvalue weighted by molar-refractivity contribution is -0.153. The first-order valence-corrected chi connectivity index (χ1v) is 4.98. The van der Waals surface area contributed by atoms with E-state index in [4.69, 9.17) is 0 Å². The van der Waals surface area contributed by atoms with Crippen molar-refractivity contribution in [2.24, 2.45) is 5.92 Å². The van der Waals surface area contributed by atoms with Crippen LogP contribution in [0.25, 0.3) is 0 Å². The standard InChI is InChI=1S/C12H18O3/c1-6-9(4)7-10(5)12(14)15-11(13)8(2)3/h7,9H,2,6H2,1,3-5H3. The van der Waals surface area contributed by atoms with Crippen LogP contribution in [-0.4, -0.2) is 11.9 Å². The molecule has 0 rings (SSSR count). The van der Waals surface area contributed by atoms with Gasteiger partial charge in [0.05, 0.1) is 0 Å². The summed E-state index contributed by atoms with van der Waals surface area (Å²) in [6, 6.07) is 0. The minimum Gasteiger partial charge on any atom is -0.386 e. The molecule has 0 saturated carbocycles. The average molecular weight is 210 g/mol. The zero-order chi connectivity index (χ0) is 12.0. The van der Waals surface area contributed by atoms with Crippen molar-refractivity contribution in [3.63, 3.8) is 0 Å². The molecule has 3 nitrogen and oxygen atoms in total. The van der Waals surface area contributed by atoms with Crippen LogP contribution in [0.2, 0.25) is 0 Å². The summed E-state index contributed by atoms with van der Waals surface area (Å²) in [6.07, 6.45) is 2.74. The third kappa shape index (κ3) is 5.15. The van der Waals surface area contributed by atoms with Gasteiger partial charge in [-0.15, -0.1) is 0 Å². The molecule has 3 heteroatoms. The van der Waals surface area contributed by atoms with Gasteiger partial charge in [0, 0.05) is 11.1 Å². The maximum Gasteiger partial charge on any atom is 0.341 e. The summed E-state index contributed by atoms with van der Waals surface area (Å²) in [5.41, 5.74) is 0.679. The highest BCUT2D eigenvalue weighted by Gasteiger charge is 2.13. The fraction of sp³-hybridized carbons (Fsp3) is 0.500. The van der Waals surface area contributed by atoms with E-state index in [-0.39, 0.29) is 5.57 Å². The summed E-state index contributed by atoms with van der Waals surface area (Å²) >= 11 is 0. The molecule has 0 aromatic rings. The van der Waals surface area contributed by atoms with Crippen molar-refractivity contribution in [2.75, 3.05) is 0 Å². The first-order valence-electron chi connectivity index (χ1n) is 4.98. The van der Waals surface area contributed by atoms with E-state index in [2.05, 4.69) is 11.3 Å². The Balaban J connectivity index is 4.40. The maximum atomic E-state index is 11.4. The van der Waals surface area contributed by atoms with E-state index in [1.807, 2.05) is 13.8 Å². The molecule has 0 aromatic carbocycles. The van der Waals surface area contributed by atoms with Gasteiger partial charge < -0.3 is 4.74 Å². The van der Waals surface area contributed by atoms with E-state index in [0.29, 0.717) is 11.5 Å². The predicted octanol–water partition coefficient (Wildman–Crippen LogP) is 2.62. The third-order valence-electron chi connectivity index (χ3n) is 2.03. The molecule has 0 heterocycles. The fourth-order valence-electron chi connectivity index (χ4n) is 0.864. The van der Waals surface area contributed by atoms with E-state index >= 15 is 0 Å². The Hall–Kier alpha value is -1.38. The lowest BCUT2D eigenvalue weighted by Gasteiger charge is -2.05. The molecular weight excluding hydrogens is 192 g/mol. The number of hydrogen-bond donors (Lipinski definition) is 0. The van der Waals surface area contributed by atoms with Gasteiger partial charge in [-0.25, -0.2) is 9.59 Å². The van der Waals surface area contributed by atoms with Gasteiger partial charge >= 0.3 is 11.9 Å². The number of rotatable bonds is 4. The molecule has 0 saturated heterocycles. The van der Waals surface area contributed by atoms with Crippen molar-refractivity contribution in [2.45, 2.75) is 34.1 Å². The van der Waals surface area contributed by atoms with Crippen LogP contribution < -0.4 is 0 Å². The van der Waals surface area contributed by atoms with E-state index in [1.54, 1.807) is 13.0 Å². The second-order valence-electron chi connectivity index (χ2n) is 3.69. The summed E-state index contributed by atoms with van der Waals surface area (Å²) in [4.78, 5) is 22.4. The Labute approximate surface area is 90.8 Å². The van der Waals surface area contributed by atoms with Crippen molar-refractivity contribution in [1.29, 1.82) is 0 Å². The van der Waals surface area contributed by atoms with Crippen molar-refractivity contribution in [1.82, 2.24) is 0 Å². The molecule has 0 aromatic heterocycles. The van der Waals surface area contributed by atoms with Crippen LogP contribution in [0.1, 0.15) is 34.1 Å². The zero-order valence-electron chi connectivity index (χ0n) is 9.79. The van der Waals surface area contributed by atoms with Crippen LogP contribution in [0.15, 0.2) is 23.8 Å². The highest BCUT2D eigenvalue weighted by molar-refractivity contribution is 6.00. The average Bonchev–Trinajstić information content (AvgIpc) is 2.16. The maximum absolute atomic E-state index is 11.4. The fourth-order valence-corrected chi connectivity index (χ4v) is 0.864. The molecule has 1 atom stereocenters. The van der Waals surface area contributed by atoms with Crippen molar-refractivity contribution in [3.05, 3.63) is 23.8 Å². The van der Waals surface area contributed by atoms with Crippen molar-refractivity contribution in [3.8, 4) is 0 Å². The van der Waals surface area contributed by atoms with E-state index in [1.165, 1.54) is 6.92 Å². The smallest absolute Gasteiger partial charge is 0.341 e. The molecule has 0 bridgehead atoms. The molecule has 0 spiro atoms. The Morgan fingerprint density at radius 2 is 1.87 bits per heavy atom. The van der Waals surface area contributed by atoms with Gasteiger partial charge in [-0.3, -0.25) is 0 Å². The van der Waals surface area contributed by atoms with Crippen LogP contribution in [0, 0.1) is 5.92 Å². The van der Waals surface area contributed by atoms with Crippen LogP contribution in [0.5, 0.6) is 0 Å². The molecule has 0 aliphatic carbocycles. The van der Waals surface area contributed by atoms with Crippen molar-refractivity contribution < 1.29 is 14.3 Å². The molecular formula is C12H18O3. The lowest BCUT2D eigenvalue weighted by atomic mass is 10.1. The molecule has 1 unspecified atom stereocenters. The van der Waals surface area contributed by atoms with Crippen LogP contribution in [-0.2, 0) is 14.3 Å². The van der Waals surface area contributed by atoms with Crippen LogP contribution in [0.3, 0.4) is 0 Å². The van der Waals surface area contributed by atoms with Gasteiger partial charge in [0.25, 0.3) is 0 Å². The highest BCUT2D eigenvalue weighted by Crippen LogP contribution is 2.08. The molecule has 0 N–H and O–H groups in total. The van der Waals surface area contributed by atoms with E-state index in [0.717, 1.165) is 6.42 Å². The number of carbonyl (C=O) groups excluding carboxylic acids is 2. The summed E-state index contributed by atoms with van der Waals surface area (Å²) in [5, 5.41) is 0. The third-order valence-corrected chi connectivity index (χ3v) is 2.03. The highest BCUT2D eigenvalue weighted by atomic mass is 16.6. The number of ether oxygens (including phenoxy) is 1. The van der Waals surface area contributed by atoms with Crippen molar-refractivity contribution >= 4 is 11.9 Å². The minimum atomic E-state index is -0.670. The number of carbonyl (C=O) groups is 2. The van der Waals surface area contributed by atoms with Gasteiger partial charge in [-0.2, -0.15) is 0 Å². The first-order chi connectivity index (χ1) is 6.88. The molecule has 0 fully saturated rings. The first kappa shape index (κ1) is 13.6. The number of hydrogen-bond acceptors (Lipinski definition) is 3. The summed E-state index contributed by atoms with van der Waals surface area (Å²) in [5.74, 6) is -0.960. The molecule has 0 radical (unpaired) electrons. The van der Waals surface area contributed by atoms with Crippen LogP contribution in [0.4, 0.5) is 0 Å². The largest absolute Gasteiger partial charge is 0.386 e. The molecule has 84 valence electrons. The minimum absolute atomic E-state index is 0.222. The Kier molecular flexibility index (Phi) is 5.60. The van der Waals surface area contributed by atoms with Gasteiger partial charge in [0.15, 0.2) is 0 Å². The van der Waals surface area contributed by atoms with E-state index < -0.39 is 11.9 Å². The van der Waals surface area contributed by atoms with Gasteiger partial charge in [0.2, 0.25) is 0 Å². The summed E-state index contributed by atoms with van der Waals surface area (Å²) in [6.45, 7) is 10.6. The van der Waals surface area contributed by atoms with E-state index in [9.17, 15) is 9.59 Å². The number of esters is 2. The second-order valence-corrected chi connectivity index (χ2v) is 3.69. The quantitative estimate of drug-likeness (QED) is 0.407. The predicted molar refractivity (Wildman–Crippen MR) is 59.1 cm³/mol. The van der Waals surface area contributed by atoms with Crippen LogP contribution >= 0.6 is 0 Å². The van der Waals surface area contributed by atoms with Gasteiger partial charge in [0.1, 0.15) is 0 Å². The number of allylic oxidation sites excluding steroid dienone is 1. The Morgan fingerprint density at radius 3 is 2.27 bits per heavy atom. The SMILES string of the molecule is C=C(C)C(=O)OC(=O)C(C)=CC(C)CC. The second kappa shape index (κ2) is 6.17. The normalized spacial score (nSPS) is 13.2. The summed E-state index contributed by atoms with van der Waals surface area (Å²) < 4.78 is 4.57. The van der Waals surface area contributed by atoms with Gasteiger partial charge in [-0.05, 0) is 19.8 Å². The van der Waals surface area contributed by atoms with Gasteiger partial charge in [-0.1, -0.05) is 32.9 Å². The summed E-state index contributed by atoms with van der Waals surface area (Å²) in [7, 11) is 0. The lowest BCUT2D eigenvalue weighted by Crippen LogP contribution is -2.14. The molecule has 0 amide bonds. The zero-order valence-corrected chi connectivity index (χ0v) is 9.79. The molecule has 15 heavy (non-hydrogen) atoms. The molecule has 0 aliphatic heterocycles. The molecule has 0 aliphatic rings. The topological polar surface area (TPSA) is 43.4 Å². The Bertz CT molecular complexity index is 300.